The van der Waals surface area contributed by atoms with E-state index in [0.717, 1.165) is 26.1 Å². The third-order valence-electron chi connectivity index (χ3n) is 3.18. The van der Waals surface area contributed by atoms with Crippen molar-refractivity contribution in [3.05, 3.63) is 53.3 Å². The number of aryl methyl sites for hydroxylation is 2. The lowest BCUT2D eigenvalue weighted by molar-refractivity contribution is 0.669. The summed E-state index contributed by atoms with van der Waals surface area (Å²) in [4.78, 5) is 0. The zero-order valence-electron chi connectivity index (χ0n) is 11.9. The van der Waals surface area contributed by atoms with E-state index in [9.17, 15) is 0 Å². The molecule has 0 fully saturated rings. The highest BCUT2D eigenvalue weighted by Gasteiger charge is 2.00. The summed E-state index contributed by atoms with van der Waals surface area (Å²) in [7, 11) is 0. The molecule has 0 aliphatic carbocycles. The minimum Gasteiger partial charge on any atom is -0.317 e. The lowest BCUT2D eigenvalue weighted by Gasteiger charge is -2.03. The smallest absolute Gasteiger partial charge is 0.0659 e. The molecular weight excluding hydrogens is 234 g/mol. The first kappa shape index (κ1) is 13.8. The van der Waals surface area contributed by atoms with E-state index in [0.29, 0.717) is 0 Å². The third-order valence-corrected chi connectivity index (χ3v) is 3.18. The van der Waals surface area contributed by atoms with Crippen LogP contribution in [-0.4, -0.2) is 22.9 Å². The fourth-order valence-corrected chi connectivity index (χ4v) is 2.21. The Labute approximate surface area is 115 Å². The Hall–Kier alpha value is -1.61. The van der Waals surface area contributed by atoms with Gasteiger partial charge in [0.25, 0.3) is 0 Å². The number of rotatable bonds is 7. The fraction of sp³-hybridized carbons (Fsp3) is 0.438. The maximum atomic E-state index is 4.44. The van der Waals surface area contributed by atoms with Crippen molar-refractivity contribution < 1.29 is 0 Å². The van der Waals surface area contributed by atoms with E-state index < -0.39 is 0 Å². The monoisotopic (exact) mass is 257 g/mol. The highest BCUT2D eigenvalue weighted by Crippen LogP contribution is 2.07. The van der Waals surface area contributed by atoms with Gasteiger partial charge >= 0.3 is 0 Å². The Bertz CT molecular complexity index is 502. The van der Waals surface area contributed by atoms with Gasteiger partial charge in [0, 0.05) is 6.20 Å². The normalized spacial score (nSPS) is 10.8. The summed E-state index contributed by atoms with van der Waals surface area (Å²) < 4.78 is 2.03. The van der Waals surface area contributed by atoms with Gasteiger partial charge in [0.1, 0.15) is 0 Å². The molecule has 0 amide bonds. The van der Waals surface area contributed by atoms with Gasteiger partial charge in [-0.25, -0.2) is 0 Å². The number of nitrogens with zero attached hydrogens (tertiary/aromatic N) is 2. The molecule has 0 atom stereocenters. The summed E-state index contributed by atoms with van der Waals surface area (Å²) in [5.74, 6) is 0. The van der Waals surface area contributed by atoms with E-state index >= 15 is 0 Å². The molecule has 19 heavy (non-hydrogen) atoms. The molecule has 1 aromatic carbocycles. The zero-order valence-corrected chi connectivity index (χ0v) is 11.9. The summed E-state index contributed by atoms with van der Waals surface area (Å²) in [6.07, 6.45) is 6.42. The van der Waals surface area contributed by atoms with Crippen LogP contribution in [-0.2, 0) is 13.0 Å². The molecule has 102 valence electrons. The summed E-state index contributed by atoms with van der Waals surface area (Å²) in [5.41, 5.74) is 3.93. The number of benzene rings is 1. The molecule has 0 radical (unpaired) electrons. The van der Waals surface area contributed by atoms with E-state index in [1.54, 1.807) is 0 Å². The Morgan fingerprint density at radius 2 is 2.16 bits per heavy atom. The molecule has 1 N–H and O–H groups in total. The number of aromatic nitrogens is 2. The molecule has 0 unspecified atom stereocenters. The van der Waals surface area contributed by atoms with Crippen molar-refractivity contribution in [2.45, 2.75) is 33.2 Å². The second kappa shape index (κ2) is 7.10. The van der Waals surface area contributed by atoms with Gasteiger partial charge in [-0.1, -0.05) is 36.8 Å². The molecule has 1 heterocycles. The standard InChI is InChI=1S/C16H23N3/c1-3-17-9-5-8-16-11-18-19(13-16)12-15-7-4-6-14(2)10-15/h4,6-7,10-11,13,17H,3,5,8-9,12H2,1-2H3. The molecule has 0 saturated carbocycles. The lowest BCUT2D eigenvalue weighted by Crippen LogP contribution is -2.14. The average Bonchev–Trinajstić information content (AvgIpc) is 2.82. The summed E-state index contributed by atoms with van der Waals surface area (Å²) in [5, 5.41) is 7.78. The van der Waals surface area contributed by atoms with Gasteiger partial charge in [-0.3, -0.25) is 4.68 Å². The number of hydrogen-bond donors (Lipinski definition) is 1. The van der Waals surface area contributed by atoms with Crippen molar-refractivity contribution in [1.82, 2.24) is 15.1 Å². The van der Waals surface area contributed by atoms with Crippen LogP contribution in [0.15, 0.2) is 36.7 Å². The molecule has 3 nitrogen and oxygen atoms in total. The fourth-order valence-electron chi connectivity index (χ4n) is 2.21. The van der Waals surface area contributed by atoms with Gasteiger partial charge in [0.05, 0.1) is 12.7 Å². The first-order chi connectivity index (χ1) is 9.28. The quantitative estimate of drug-likeness (QED) is 0.773. The predicted molar refractivity (Wildman–Crippen MR) is 79.4 cm³/mol. The van der Waals surface area contributed by atoms with Crippen LogP contribution in [0, 0.1) is 6.92 Å². The van der Waals surface area contributed by atoms with Crippen molar-refractivity contribution in [1.29, 1.82) is 0 Å². The van der Waals surface area contributed by atoms with E-state index in [2.05, 4.69) is 54.7 Å². The van der Waals surface area contributed by atoms with Crippen LogP contribution < -0.4 is 5.32 Å². The highest BCUT2D eigenvalue weighted by molar-refractivity contribution is 5.22. The van der Waals surface area contributed by atoms with Crippen molar-refractivity contribution in [2.24, 2.45) is 0 Å². The molecule has 0 spiro atoms. The Balaban J connectivity index is 1.87. The maximum absolute atomic E-state index is 4.44. The Morgan fingerprint density at radius 3 is 2.95 bits per heavy atom. The topological polar surface area (TPSA) is 29.9 Å². The largest absolute Gasteiger partial charge is 0.317 e. The van der Waals surface area contributed by atoms with Crippen LogP contribution in [0.2, 0.25) is 0 Å². The van der Waals surface area contributed by atoms with E-state index in [-0.39, 0.29) is 0 Å². The SMILES string of the molecule is CCNCCCc1cnn(Cc2cccc(C)c2)c1. The Morgan fingerprint density at radius 1 is 1.26 bits per heavy atom. The summed E-state index contributed by atoms with van der Waals surface area (Å²) >= 11 is 0. The molecule has 2 aromatic rings. The van der Waals surface area contributed by atoms with Crippen molar-refractivity contribution >= 4 is 0 Å². The van der Waals surface area contributed by atoms with Crippen molar-refractivity contribution in [3.63, 3.8) is 0 Å². The molecule has 0 aliphatic rings. The van der Waals surface area contributed by atoms with Gasteiger partial charge in [0.2, 0.25) is 0 Å². The van der Waals surface area contributed by atoms with E-state index in [4.69, 9.17) is 0 Å². The zero-order chi connectivity index (χ0) is 13.5. The molecule has 0 bridgehead atoms. The van der Waals surface area contributed by atoms with Crippen LogP contribution in [0.3, 0.4) is 0 Å². The van der Waals surface area contributed by atoms with Crippen LogP contribution >= 0.6 is 0 Å². The lowest BCUT2D eigenvalue weighted by atomic mass is 10.1. The van der Waals surface area contributed by atoms with Gasteiger partial charge in [-0.2, -0.15) is 5.10 Å². The summed E-state index contributed by atoms with van der Waals surface area (Å²) in [6, 6.07) is 8.59. The second-order valence-electron chi connectivity index (χ2n) is 4.99. The third kappa shape index (κ3) is 4.52. The van der Waals surface area contributed by atoms with Crippen molar-refractivity contribution in [3.8, 4) is 0 Å². The minimum atomic E-state index is 0.856. The number of hydrogen-bond acceptors (Lipinski definition) is 2. The van der Waals surface area contributed by atoms with Gasteiger partial charge < -0.3 is 5.32 Å². The van der Waals surface area contributed by atoms with E-state index in [1.807, 2.05) is 10.9 Å². The summed E-state index contributed by atoms with van der Waals surface area (Å²) in [6.45, 7) is 7.25. The van der Waals surface area contributed by atoms with Crippen LogP contribution in [0.4, 0.5) is 0 Å². The van der Waals surface area contributed by atoms with Crippen LogP contribution in [0.1, 0.15) is 30.0 Å². The van der Waals surface area contributed by atoms with Gasteiger partial charge in [-0.15, -0.1) is 0 Å². The van der Waals surface area contributed by atoms with Gasteiger partial charge in [0.15, 0.2) is 0 Å². The van der Waals surface area contributed by atoms with Crippen molar-refractivity contribution in [2.75, 3.05) is 13.1 Å². The molecular formula is C16H23N3. The first-order valence-corrected chi connectivity index (χ1v) is 7.05. The first-order valence-electron chi connectivity index (χ1n) is 7.05. The van der Waals surface area contributed by atoms with E-state index in [1.165, 1.54) is 23.1 Å². The Kier molecular flexibility index (Phi) is 5.16. The number of nitrogens with one attached hydrogen (secondary N) is 1. The molecule has 2 rings (SSSR count). The van der Waals surface area contributed by atoms with Crippen LogP contribution in [0.5, 0.6) is 0 Å². The average molecular weight is 257 g/mol. The predicted octanol–water partition coefficient (Wildman–Crippen LogP) is 2.78. The molecule has 0 saturated heterocycles. The second-order valence-corrected chi connectivity index (χ2v) is 4.99. The maximum Gasteiger partial charge on any atom is 0.0659 e. The minimum absolute atomic E-state index is 0.856. The highest BCUT2D eigenvalue weighted by atomic mass is 15.3. The molecule has 1 aromatic heterocycles. The molecule has 0 aliphatic heterocycles. The van der Waals surface area contributed by atoms with Crippen LogP contribution in [0.25, 0.3) is 0 Å². The molecule has 3 heteroatoms. The van der Waals surface area contributed by atoms with Gasteiger partial charge in [-0.05, 0) is 44.0 Å².